The molecule has 1 aromatic heterocycles. The second kappa shape index (κ2) is 7.77. The first-order chi connectivity index (χ1) is 12.9. The molecule has 0 aliphatic rings. The van der Waals surface area contributed by atoms with Gasteiger partial charge in [-0.2, -0.15) is 5.10 Å². The van der Waals surface area contributed by atoms with Crippen molar-refractivity contribution in [1.29, 1.82) is 0 Å². The third-order valence-electron chi connectivity index (χ3n) is 4.06. The number of halogens is 1. The molecule has 0 aliphatic heterocycles. The molecule has 0 radical (unpaired) electrons. The molecule has 0 saturated heterocycles. The van der Waals surface area contributed by atoms with Crippen molar-refractivity contribution in [2.24, 2.45) is 0 Å². The topological polar surface area (TPSA) is 88.9 Å². The van der Waals surface area contributed by atoms with E-state index in [1.165, 1.54) is 23.4 Å². The van der Waals surface area contributed by atoms with Gasteiger partial charge in [0.05, 0.1) is 0 Å². The third kappa shape index (κ3) is 4.35. The second-order valence-corrected chi connectivity index (χ2v) is 6.04. The summed E-state index contributed by atoms with van der Waals surface area (Å²) in [6.45, 7) is 3.34. The van der Waals surface area contributed by atoms with Gasteiger partial charge in [-0.25, -0.2) is 14.1 Å². The summed E-state index contributed by atoms with van der Waals surface area (Å²) in [7, 11) is 0. The van der Waals surface area contributed by atoms with Crippen molar-refractivity contribution in [3.63, 3.8) is 0 Å². The summed E-state index contributed by atoms with van der Waals surface area (Å²) >= 11 is 0. The number of aromatic nitrogens is 3. The van der Waals surface area contributed by atoms with Gasteiger partial charge in [0.15, 0.2) is 0 Å². The normalized spacial score (nSPS) is 11.7. The number of rotatable bonds is 5. The fourth-order valence-electron chi connectivity index (χ4n) is 2.36. The van der Waals surface area contributed by atoms with Crippen LogP contribution >= 0.6 is 0 Å². The highest BCUT2D eigenvalue weighted by molar-refractivity contribution is 6.04. The van der Waals surface area contributed by atoms with E-state index in [2.05, 4.69) is 20.7 Å². The molecule has 2 aromatic carbocycles. The van der Waals surface area contributed by atoms with Gasteiger partial charge in [0.25, 0.3) is 5.91 Å². The molecule has 0 bridgehead atoms. The Morgan fingerprint density at radius 1 is 1.07 bits per heavy atom. The summed E-state index contributed by atoms with van der Waals surface area (Å²) in [5, 5.41) is 9.39. The van der Waals surface area contributed by atoms with Gasteiger partial charge in [-0.15, -0.1) is 0 Å². The third-order valence-corrected chi connectivity index (χ3v) is 4.06. The smallest absolute Gasteiger partial charge is 0.255 e. The number of benzene rings is 2. The largest absolute Gasteiger partial charge is 0.324 e. The van der Waals surface area contributed by atoms with Crippen LogP contribution in [0.5, 0.6) is 0 Å². The molecule has 8 heteroatoms. The first-order valence-corrected chi connectivity index (χ1v) is 8.26. The lowest BCUT2D eigenvalue weighted by Gasteiger charge is -2.12. The Kier molecular flexibility index (Phi) is 5.25. The van der Waals surface area contributed by atoms with Gasteiger partial charge in [0.1, 0.15) is 24.5 Å². The van der Waals surface area contributed by atoms with E-state index in [4.69, 9.17) is 0 Å². The van der Waals surface area contributed by atoms with Gasteiger partial charge in [-0.3, -0.25) is 9.59 Å². The lowest BCUT2D eigenvalue weighted by Crippen LogP contribution is -2.24. The van der Waals surface area contributed by atoms with E-state index in [0.717, 1.165) is 0 Å². The Balaban J connectivity index is 1.62. The molecular formula is C19H18FN5O2. The number of aryl methyl sites for hydroxylation is 1. The summed E-state index contributed by atoms with van der Waals surface area (Å²) in [6.07, 6.45) is 2.83. The van der Waals surface area contributed by atoms with E-state index in [1.807, 2.05) is 0 Å². The fourth-order valence-corrected chi connectivity index (χ4v) is 2.36. The minimum absolute atomic E-state index is 0.233. The number of amides is 2. The minimum atomic E-state index is -0.511. The van der Waals surface area contributed by atoms with Gasteiger partial charge in [-0.05, 0) is 55.8 Å². The number of nitrogens with one attached hydrogen (secondary N) is 2. The number of hydrogen-bond donors (Lipinski definition) is 2. The van der Waals surface area contributed by atoms with Crippen LogP contribution in [0, 0.1) is 12.7 Å². The minimum Gasteiger partial charge on any atom is -0.324 e. The molecule has 27 heavy (non-hydrogen) atoms. The number of carbonyl (C=O) groups excluding carboxylic acids is 2. The molecule has 0 unspecified atom stereocenters. The highest BCUT2D eigenvalue weighted by atomic mass is 19.1. The Morgan fingerprint density at radius 2 is 1.74 bits per heavy atom. The first-order valence-electron chi connectivity index (χ1n) is 8.26. The fraction of sp³-hybridized carbons (Fsp3) is 0.158. The zero-order chi connectivity index (χ0) is 19.4. The van der Waals surface area contributed by atoms with Gasteiger partial charge in [0, 0.05) is 16.9 Å². The van der Waals surface area contributed by atoms with Gasteiger partial charge in [-0.1, -0.05) is 6.07 Å². The predicted molar refractivity (Wildman–Crippen MR) is 98.9 cm³/mol. The van der Waals surface area contributed by atoms with Crippen LogP contribution in [-0.4, -0.2) is 26.6 Å². The lowest BCUT2D eigenvalue weighted by molar-refractivity contribution is -0.119. The predicted octanol–water partition coefficient (Wildman–Crippen LogP) is 3.18. The van der Waals surface area contributed by atoms with Crippen LogP contribution in [0.1, 0.15) is 28.9 Å². The molecule has 2 amide bonds. The van der Waals surface area contributed by atoms with Gasteiger partial charge >= 0.3 is 0 Å². The Morgan fingerprint density at radius 3 is 2.33 bits per heavy atom. The molecular weight excluding hydrogens is 349 g/mol. The van der Waals surface area contributed by atoms with E-state index in [-0.39, 0.29) is 11.5 Å². The van der Waals surface area contributed by atoms with Crippen LogP contribution in [0.4, 0.5) is 15.8 Å². The summed E-state index contributed by atoms with van der Waals surface area (Å²) in [5.41, 5.74) is 1.82. The average molecular weight is 367 g/mol. The van der Waals surface area contributed by atoms with Crippen LogP contribution in [0.3, 0.4) is 0 Å². The maximum atomic E-state index is 13.6. The van der Waals surface area contributed by atoms with Crippen LogP contribution in [0.15, 0.2) is 55.1 Å². The molecule has 2 N–H and O–H groups in total. The Bertz CT molecular complexity index is 955. The van der Waals surface area contributed by atoms with Gasteiger partial charge in [0.2, 0.25) is 5.91 Å². The molecule has 0 spiro atoms. The van der Waals surface area contributed by atoms with Crippen molar-refractivity contribution in [3.05, 3.63) is 72.1 Å². The number of carbonyl (C=O) groups is 2. The molecule has 0 saturated carbocycles. The van der Waals surface area contributed by atoms with E-state index >= 15 is 0 Å². The van der Waals surface area contributed by atoms with E-state index < -0.39 is 17.8 Å². The van der Waals surface area contributed by atoms with Crippen molar-refractivity contribution in [1.82, 2.24) is 14.8 Å². The van der Waals surface area contributed by atoms with E-state index in [1.54, 1.807) is 50.2 Å². The lowest BCUT2D eigenvalue weighted by atomic mass is 10.1. The average Bonchev–Trinajstić information content (AvgIpc) is 3.19. The SMILES string of the molecule is Cc1ccc(C(=O)Nc2ccc(NC(=O)[C@H](C)n3cncn3)cc2)cc1F. The van der Waals surface area contributed by atoms with Crippen molar-refractivity contribution < 1.29 is 14.0 Å². The van der Waals surface area contributed by atoms with E-state index in [0.29, 0.717) is 16.9 Å². The van der Waals surface area contributed by atoms with Crippen molar-refractivity contribution in [2.75, 3.05) is 10.6 Å². The van der Waals surface area contributed by atoms with Crippen LogP contribution in [-0.2, 0) is 4.79 Å². The summed E-state index contributed by atoms with van der Waals surface area (Å²) < 4.78 is 15.0. The monoisotopic (exact) mass is 367 g/mol. The van der Waals surface area contributed by atoms with Crippen LogP contribution in [0.25, 0.3) is 0 Å². The maximum absolute atomic E-state index is 13.6. The molecule has 3 rings (SSSR count). The molecule has 0 fully saturated rings. The number of anilines is 2. The standard InChI is InChI=1S/C19H18FN5O2/c1-12-3-4-14(9-17(12)20)19(27)24-16-7-5-15(6-8-16)23-18(26)13(2)25-11-21-10-22-25/h3-11,13H,1-2H3,(H,23,26)(H,24,27)/t13-/m0/s1. The molecule has 138 valence electrons. The van der Waals surface area contributed by atoms with Crippen molar-refractivity contribution in [2.45, 2.75) is 19.9 Å². The van der Waals surface area contributed by atoms with Crippen LogP contribution in [0.2, 0.25) is 0 Å². The highest BCUT2D eigenvalue weighted by Crippen LogP contribution is 2.17. The Hall–Kier alpha value is -3.55. The highest BCUT2D eigenvalue weighted by Gasteiger charge is 2.15. The zero-order valence-electron chi connectivity index (χ0n) is 14.8. The number of hydrogen-bond acceptors (Lipinski definition) is 4. The molecule has 3 aromatic rings. The number of nitrogens with zero attached hydrogens (tertiary/aromatic N) is 3. The first kappa shape index (κ1) is 18.2. The zero-order valence-corrected chi connectivity index (χ0v) is 14.8. The van der Waals surface area contributed by atoms with Crippen molar-refractivity contribution in [3.8, 4) is 0 Å². The summed E-state index contributed by atoms with van der Waals surface area (Å²) in [5.74, 6) is -1.08. The molecule has 1 atom stereocenters. The summed E-state index contributed by atoms with van der Waals surface area (Å²) in [4.78, 5) is 28.2. The summed E-state index contributed by atoms with van der Waals surface area (Å²) in [6, 6.07) is 10.4. The quantitative estimate of drug-likeness (QED) is 0.725. The second-order valence-electron chi connectivity index (χ2n) is 6.04. The molecule has 0 aliphatic carbocycles. The van der Waals surface area contributed by atoms with Gasteiger partial charge < -0.3 is 10.6 Å². The maximum Gasteiger partial charge on any atom is 0.255 e. The van der Waals surface area contributed by atoms with Crippen LogP contribution < -0.4 is 10.6 Å². The molecule has 7 nitrogen and oxygen atoms in total. The van der Waals surface area contributed by atoms with Crippen molar-refractivity contribution >= 4 is 23.2 Å². The Labute approximate surface area is 155 Å². The molecule has 1 heterocycles. The van der Waals surface area contributed by atoms with E-state index in [9.17, 15) is 14.0 Å².